The van der Waals surface area contributed by atoms with E-state index in [2.05, 4.69) is 43.0 Å². The van der Waals surface area contributed by atoms with Gasteiger partial charge < -0.3 is 15.8 Å². The number of hydrogen-bond donors (Lipinski definition) is 1. The smallest absolute Gasteiger partial charge is 0.174 e. The molecule has 23 heavy (non-hydrogen) atoms. The molecule has 2 rings (SSSR count). The van der Waals surface area contributed by atoms with Crippen molar-refractivity contribution in [1.82, 2.24) is 14.5 Å². The minimum Gasteiger partial charge on any atom is -0.733 e. The van der Waals surface area contributed by atoms with Gasteiger partial charge in [0.2, 0.25) is 0 Å². The highest BCUT2D eigenvalue weighted by Crippen LogP contribution is 2.29. The van der Waals surface area contributed by atoms with Gasteiger partial charge in [-0.15, -0.1) is 5.10 Å². The van der Waals surface area contributed by atoms with E-state index in [9.17, 15) is 5.21 Å². The van der Waals surface area contributed by atoms with Crippen LogP contribution in [0.5, 0.6) is 0 Å². The molecular formula is C16H26N5O2-. The van der Waals surface area contributed by atoms with Crippen LogP contribution in [0.2, 0.25) is 0 Å². The highest BCUT2D eigenvalue weighted by Gasteiger charge is 2.16. The van der Waals surface area contributed by atoms with Crippen molar-refractivity contribution >= 4 is 17.0 Å². The van der Waals surface area contributed by atoms with E-state index in [1.165, 1.54) is 7.11 Å². The summed E-state index contributed by atoms with van der Waals surface area (Å²) in [6, 6.07) is 6.51. The molecule has 0 saturated carbocycles. The molecule has 7 heteroatoms. The third-order valence-electron chi connectivity index (χ3n) is 3.85. The summed E-state index contributed by atoms with van der Waals surface area (Å²) < 4.78 is 1.67. The van der Waals surface area contributed by atoms with Crippen molar-refractivity contribution in [2.24, 2.45) is 0 Å². The van der Waals surface area contributed by atoms with Gasteiger partial charge in [-0.2, -0.15) is 0 Å². The van der Waals surface area contributed by atoms with Gasteiger partial charge >= 0.3 is 0 Å². The fourth-order valence-corrected chi connectivity index (χ4v) is 2.79. The summed E-state index contributed by atoms with van der Waals surface area (Å²) in [7, 11) is 1.35. The minimum atomic E-state index is 0.397. The van der Waals surface area contributed by atoms with Gasteiger partial charge in [-0.1, -0.05) is 6.07 Å². The van der Waals surface area contributed by atoms with Gasteiger partial charge in [0.25, 0.3) is 0 Å². The summed E-state index contributed by atoms with van der Waals surface area (Å²) in [5, 5.41) is 20.2. The fourth-order valence-electron chi connectivity index (χ4n) is 2.79. The van der Waals surface area contributed by atoms with Crippen molar-refractivity contribution in [3.05, 3.63) is 29.6 Å². The van der Waals surface area contributed by atoms with Crippen molar-refractivity contribution in [3.63, 3.8) is 0 Å². The third-order valence-corrected chi connectivity index (χ3v) is 3.85. The Labute approximate surface area is 137 Å². The minimum absolute atomic E-state index is 0.397. The Morgan fingerprint density at radius 1 is 1.26 bits per heavy atom. The highest BCUT2D eigenvalue weighted by atomic mass is 16.9. The highest BCUT2D eigenvalue weighted by molar-refractivity contribution is 5.83. The van der Waals surface area contributed by atoms with E-state index in [1.807, 2.05) is 24.4 Å². The first-order valence-electron chi connectivity index (χ1n) is 7.94. The van der Waals surface area contributed by atoms with E-state index >= 15 is 0 Å². The molecule has 0 spiro atoms. The van der Waals surface area contributed by atoms with Crippen LogP contribution in [-0.2, 0) is 4.84 Å². The Kier molecular flexibility index (Phi) is 5.81. The molecule has 0 aliphatic rings. The zero-order chi connectivity index (χ0) is 17.0. The Morgan fingerprint density at radius 2 is 1.96 bits per heavy atom. The molecule has 0 bridgehead atoms. The predicted molar refractivity (Wildman–Crippen MR) is 93.5 cm³/mol. The average molecular weight is 320 g/mol. The van der Waals surface area contributed by atoms with Gasteiger partial charge in [0.05, 0.1) is 12.6 Å². The maximum absolute atomic E-state index is 12.0. The Balaban J connectivity index is 2.16. The molecule has 0 saturated heterocycles. The molecule has 2 aromatic heterocycles. The van der Waals surface area contributed by atoms with Crippen molar-refractivity contribution in [1.29, 1.82) is 0 Å². The van der Waals surface area contributed by atoms with Gasteiger partial charge in [0.15, 0.2) is 5.82 Å². The Morgan fingerprint density at radius 3 is 2.57 bits per heavy atom. The normalized spacial score (nSPS) is 11.9. The second-order valence-electron chi connectivity index (χ2n) is 6.02. The largest absolute Gasteiger partial charge is 0.733 e. The molecule has 7 nitrogen and oxygen atoms in total. The number of pyridine rings is 1. The zero-order valence-corrected chi connectivity index (χ0v) is 14.5. The molecule has 0 aromatic carbocycles. The summed E-state index contributed by atoms with van der Waals surface area (Å²) in [6.45, 7) is 10.3. The number of aromatic nitrogens is 2. The summed E-state index contributed by atoms with van der Waals surface area (Å²) in [4.78, 5) is 7.20. The first-order valence-corrected chi connectivity index (χ1v) is 7.94. The molecule has 0 radical (unpaired) electrons. The van der Waals surface area contributed by atoms with E-state index in [-0.39, 0.29) is 0 Å². The van der Waals surface area contributed by atoms with Crippen LogP contribution >= 0.6 is 0 Å². The molecular weight excluding hydrogens is 294 g/mol. The molecule has 1 N–H and O–H groups in total. The topological polar surface area (TPSA) is 68.1 Å². The second kappa shape index (κ2) is 7.63. The van der Waals surface area contributed by atoms with E-state index in [0.717, 1.165) is 6.54 Å². The first-order chi connectivity index (χ1) is 11.0. The van der Waals surface area contributed by atoms with E-state index in [1.54, 1.807) is 4.52 Å². The van der Waals surface area contributed by atoms with Crippen LogP contribution in [0.4, 0.5) is 11.5 Å². The Bertz CT molecular complexity index is 618. The molecule has 2 heterocycles. The maximum atomic E-state index is 12.0. The number of nitrogens with one attached hydrogen (secondary N) is 1. The quantitative estimate of drug-likeness (QED) is 0.754. The van der Waals surface area contributed by atoms with E-state index in [4.69, 9.17) is 4.84 Å². The van der Waals surface area contributed by atoms with Crippen LogP contribution in [0.1, 0.15) is 27.7 Å². The molecule has 0 amide bonds. The lowest BCUT2D eigenvalue weighted by Crippen LogP contribution is -2.40. The third kappa shape index (κ3) is 3.93. The second-order valence-corrected chi connectivity index (χ2v) is 6.02. The number of anilines is 2. The molecule has 128 valence electrons. The predicted octanol–water partition coefficient (Wildman–Crippen LogP) is 2.73. The SMILES string of the molecule is CON([O-])c1c(NCCN(C(C)C)C(C)C)nn2ccccc12. The first kappa shape index (κ1) is 17.5. The fraction of sp³-hybridized carbons (Fsp3) is 0.562. The lowest BCUT2D eigenvalue weighted by atomic mass is 10.2. The molecule has 0 unspecified atom stereocenters. The lowest BCUT2D eigenvalue weighted by molar-refractivity contribution is 0.182. The molecule has 0 aliphatic heterocycles. The van der Waals surface area contributed by atoms with Crippen molar-refractivity contribution in [2.75, 3.05) is 30.7 Å². The van der Waals surface area contributed by atoms with Crippen molar-refractivity contribution in [3.8, 4) is 0 Å². The molecule has 0 aliphatic carbocycles. The maximum Gasteiger partial charge on any atom is 0.174 e. The van der Waals surface area contributed by atoms with Crippen molar-refractivity contribution in [2.45, 2.75) is 39.8 Å². The van der Waals surface area contributed by atoms with Crippen LogP contribution < -0.4 is 10.5 Å². The zero-order valence-electron chi connectivity index (χ0n) is 14.5. The molecule has 0 atom stereocenters. The summed E-state index contributed by atoms with van der Waals surface area (Å²) >= 11 is 0. The standard InChI is InChI=1S/C16H26N5O2/c1-12(2)19(13(3)4)11-9-17-16-15(21(22)23-5)14-8-6-7-10-20(14)18-16/h6-8,10,12-13H,9,11H2,1-5H3,(H,17,18)/q-1. The van der Waals surface area contributed by atoms with Crippen LogP contribution in [-0.4, -0.2) is 46.8 Å². The van der Waals surface area contributed by atoms with Crippen LogP contribution in [0.3, 0.4) is 0 Å². The number of hydrogen-bond acceptors (Lipinski definition) is 6. The van der Waals surface area contributed by atoms with Crippen LogP contribution in [0.15, 0.2) is 24.4 Å². The summed E-state index contributed by atoms with van der Waals surface area (Å²) in [6.07, 6.45) is 1.81. The van der Waals surface area contributed by atoms with Gasteiger partial charge in [-0.05, 0) is 39.8 Å². The van der Waals surface area contributed by atoms with Gasteiger partial charge in [0, 0.05) is 31.4 Å². The van der Waals surface area contributed by atoms with Crippen molar-refractivity contribution < 1.29 is 4.84 Å². The number of fused-ring (bicyclic) bond motifs is 1. The van der Waals surface area contributed by atoms with E-state index in [0.29, 0.717) is 40.9 Å². The van der Waals surface area contributed by atoms with Gasteiger partial charge in [-0.3, -0.25) is 9.74 Å². The number of nitrogens with zero attached hydrogens (tertiary/aromatic N) is 4. The van der Waals surface area contributed by atoms with E-state index < -0.39 is 0 Å². The van der Waals surface area contributed by atoms with Gasteiger partial charge in [-0.25, -0.2) is 4.52 Å². The Hall–Kier alpha value is -1.83. The summed E-state index contributed by atoms with van der Waals surface area (Å²) in [5.74, 6) is 0.528. The van der Waals surface area contributed by atoms with Crippen LogP contribution in [0, 0.1) is 5.21 Å². The monoisotopic (exact) mass is 320 g/mol. The lowest BCUT2D eigenvalue weighted by Gasteiger charge is -2.31. The molecule has 0 fully saturated rings. The van der Waals surface area contributed by atoms with Crippen LogP contribution in [0.25, 0.3) is 5.52 Å². The van der Waals surface area contributed by atoms with Gasteiger partial charge in [0.1, 0.15) is 5.69 Å². The molecule has 2 aromatic rings. The summed E-state index contributed by atoms with van der Waals surface area (Å²) in [5.41, 5.74) is 1.10. The number of rotatable bonds is 8. The average Bonchev–Trinajstić information content (AvgIpc) is 2.88.